The van der Waals surface area contributed by atoms with Crippen LogP contribution in [0.25, 0.3) is 10.2 Å². The third kappa shape index (κ3) is 3.65. The first-order valence-electron chi connectivity index (χ1n) is 8.57. The van der Waals surface area contributed by atoms with Gasteiger partial charge in [0.2, 0.25) is 5.13 Å². The number of anilines is 1. The van der Waals surface area contributed by atoms with Crippen LogP contribution < -0.4 is 9.75 Å². The Morgan fingerprint density at radius 1 is 1.21 bits per heavy atom. The molecule has 0 unspecified atom stereocenters. The molecule has 0 aliphatic rings. The SMILES string of the molecule is COc1ccc2nc(N(/N=C/c3ccco3)C(=O)c3ccc(C)cc3)sc2c1. The van der Waals surface area contributed by atoms with Gasteiger partial charge in [0.25, 0.3) is 5.91 Å². The van der Waals surface area contributed by atoms with E-state index in [-0.39, 0.29) is 5.91 Å². The lowest BCUT2D eigenvalue weighted by atomic mass is 10.1. The molecule has 0 aliphatic carbocycles. The van der Waals surface area contributed by atoms with Crippen molar-refractivity contribution in [3.63, 3.8) is 0 Å². The molecule has 0 spiro atoms. The van der Waals surface area contributed by atoms with Gasteiger partial charge in [-0.25, -0.2) is 4.98 Å². The summed E-state index contributed by atoms with van der Waals surface area (Å²) in [7, 11) is 1.62. The minimum atomic E-state index is -0.270. The summed E-state index contributed by atoms with van der Waals surface area (Å²) in [4.78, 5) is 17.7. The van der Waals surface area contributed by atoms with Crippen LogP contribution in [-0.4, -0.2) is 24.2 Å². The van der Waals surface area contributed by atoms with E-state index in [1.807, 2.05) is 37.3 Å². The first-order valence-corrected chi connectivity index (χ1v) is 9.39. The van der Waals surface area contributed by atoms with Crippen LogP contribution in [0.2, 0.25) is 0 Å². The molecule has 28 heavy (non-hydrogen) atoms. The monoisotopic (exact) mass is 391 g/mol. The minimum Gasteiger partial charge on any atom is -0.497 e. The fraction of sp³-hybridized carbons (Fsp3) is 0.0952. The molecule has 0 aliphatic heterocycles. The molecular formula is C21H17N3O3S. The first kappa shape index (κ1) is 17.9. The Bertz CT molecular complexity index is 1130. The van der Waals surface area contributed by atoms with Crippen molar-refractivity contribution in [2.45, 2.75) is 6.92 Å². The standard InChI is InChI=1S/C21H17N3O3S/c1-14-5-7-15(8-6-14)20(25)24(22-13-17-4-3-11-27-17)21-23-18-10-9-16(26-2)12-19(18)28-21/h3-13H,1-2H3/b22-13+. The third-order valence-electron chi connectivity index (χ3n) is 4.10. The predicted molar refractivity (Wildman–Crippen MR) is 110 cm³/mol. The number of furan rings is 1. The quantitative estimate of drug-likeness (QED) is 0.359. The molecule has 0 saturated carbocycles. The second kappa shape index (κ2) is 7.66. The van der Waals surface area contributed by atoms with Crippen LogP contribution in [0.4, 0.5) is 5.13 Å². The number of fused-ring (bicyclic) bond motifs is 1. The zero-order valence-corrected chi connectivity index (χ0v) is 16.1. The van der Waals surface area contributed by atoms with Gasteiger partial charge in [-0.05, 0) is 49.4 Å². The van der Waals surface area contributed by atoms with Crippen molar-refractivity contribution in [2.75, 3.05) is 12.1 Å². The second-order valence-electron chi connectivity index (χ2n) is 6.07. The number of carbonyl (C=O) groups is 1. The number of amides is 1. The summed E-state index contributed by atoms with van der Waals surface area (Å²) in [5.41, 5.74) is 2.38. The van der Waals surface area contributed by atoms with Gasteiger partial charge in [0.1, 0.15) is 11.5 Å². The molecule has 6 nitrogen and oxygen atoms in total. The number of thiazole rings is 1. The molecule has 140 valence electrons. The van der Waals surface area contributed by atoms with Crippen LogP contribution in [-0.2, 0) is 0 Å². The highest BCUT2D eigenvalue weighted by molar-refractivity contribution is 7.22. The Labute approximate surface area is 165 Å². The number of nitrogens with zero attached hydrogens (tertiary/aromatic N) is 3. The molecule has 0 saturated heterocycles. The number of hydrogen-bond donors (Lipinski definition) is 0. The zero-order chi connectivity index (χ0) is 19.5. The summed E-state index contributed by atoms with van der Waals surface area (Å²) in [6, 6.07) is 16.5. The molecule has 0 radical (unpaired) electrons. The third-order valence-corrected chi connectivity index (χ3v) is 5.09. The number of carbonyl (C=O) groups excluding carboxylic acids is 1. The Balaban J connectivity index is 1.75. The van der Waals surface area contributed by atoms with Crippen LogP contribution >= 0.6 is 11.3 Å². The summed E-state index contributed by atoms with van der Waals surface area (Å²) in [6.45, 7) is 1.97. The van der Waals surface area contributed by atoms with Gasteiger partial charge in [-0.3, -0.25) is 4.79 Å². The highest BCUT2D eigenvalue weighted by Crippen LogP contribution is 2.32. The van der Waals surface area contributed by atoms with E-state index < -0.39 is 0 Å². The highest BCUT2D eigenvalue weighted by atomic mass is 32.1. The van der Waals surface area contributed by atoms with Crippen molar-refractivity contribution in [1.82, 2.24) is 4.98 Å². The van der Waals surface area contributed by atoms with Crippen LogP contribution in [0, 0.1) is 6.92 Å². The van der Waals surface area contributed by atoms with Gasteiger partial charge in [-0.15, -0.1) is 0 Å². The molecule has 0 N–H and O–H groups in total. The summed E-state index contributed by atoms with van der Waals surface area (Å²) in [6.07, 6.45) is 3.05. The molecule has 0 fully saturated rings. The van der Waals surface area contributed by atoms with Crippen LogP contribution in [0.15, 0.2) is 70.4 Å². The van der Waals surface area contributed by atoms with Gasteiger partial charge in [0.05, 0.1) is 29.8 Å². The van der Waals surface area contributed by atoms with Gasteiger partial charge >= 0.3 is 0 Å². The van der Waals surface area contributed by atoms with E-state index >= 15 is 0 Å². The van der Waals surface area contributed by atoms with E-state index in [0.717, 1.165) is 21.5 Å². The van der Waals surface area contributed by atoms with Gasteiger partial charge in [-0.2, -0.15) is 10.1 Å². The zero-order valence-electron chi connectivity index (χ0n) is 15.3. The number of ether oxygens (including phenoxy) is 1. The van der Waals surface area contributed by atoms with Gasteiger partial charge in [0, 0.05) is 5.56 Å². The largest absolute Gasteiger partial charge is 0.497 e. The molecule has 7 heteroatoms. The van der Waals surface area contributed by atoms with Crippen molar-refractivity contribution in [1.29, 1.82) is 0 Å². The molecule has 4 aromatic rings. The van der Waals surface area contributed by atoms with Crippen LogP contribution in [0.5, 0.6) is 5.75 Å². The van der Waals surface area contributed by atoms with Crippen molar-refractivity contribution < 1.29 is 13.9 Å². The van der Waals surface area contributed by atoms with Crippen molar-refractivity contribution >= 4 is 38.8 Å². The lowest BCUT2D eigenvalue weighted by Crippen LogP contribution is -2.25. The maximum absolute atomic E-state index is 13.1. The lowest BCUT2D eigenvalue weighted by Gasteiger charge is -2.13. The smallest absolute Gasteiger partial charge is 0.280 e. The van der Waals surface area contributed by atoms with E-state index in [1.54, 1.807) is 37.6 Å². The minimum absolute atomic E-state index is 0.270. The normalized spacial score (nSPS) is 11.2. The van der Waals surface area contributed by atoms with Gasteiger partial charge in [-0.1, -0.05) is 29.0 Å². The second-order valence-corrected chi connectivity index (χ2v) is 7.08. The number of methoxy groups -OCH3 is 1. The fourth-order valence-corrected chi connectivity index (χ4v) is 3.55. The molecule has 0 atom stereocenters. The molecule has 4 rings (SSSR count). The van der Waals surface area contributed by atoms with E-state index in [2.05, 4.69) is 10.1 Å². The maximum atomic E-state index is 13.1. The van der Waals surface area contributed by atoms with Gasteiger partial charge < -0.3 is 9.15 Å². The van der Waals surface area contributed by atoms with Gasteiger partial charge in [0.15, 0.2) is 0 Å². The summed E-state index contributed by atoms with van der Waals surface area (Å²) in [5, 5.41) is 6.12. The van der Waals surface area contributed by atoms with Crippen molar-refractivity contribution in [3.05, 3.63) is 77.7 Å². The highest BCUT2D eigenvalue weighted by Gasteiger charge is 2.21. The average molecular weight is 391 g/mol. The van der Waals surface area contributed by atoms with Crippen molar-refractivity contribution in [2.24, 2.45) is 5.10 Å². The fourth-order valence-electron chi connectivity index (χ4n) is 2.60. The maximum Gasteiger partial charge on any atom is 0.280 e. The van der Waals surface area contributed by atoms with Crippen molar-refractivity contribution in [3.8, 4) is 5.75 Å². The van der Waals surface area contributed by atoms with Crippen LogP contribution in [0.3, 0.4) is 0 Å². The van der Waals surface area contributed by atoms with E-state index in [4.69, 9.17) is 9.15 Å². The Hall–Kier alpha value is -3.45. The average Bonchev–Trinajstić information content (AvgIpc) is 3.37. The molecule has 1 amide bonds. The Morgan fingerprint density at radius 3 is 2.75 bits per heavy atom. The summed E-state index contributed by atoms with van der Waals surface area (Å²) >= 11 is 1.37. The number of aromatic nitrogens is 1. The number of rotatable bonds is 5. The number of hydrazone groups is 1. The molecule has 2 aromatic heterocycles. The Kier molecular flexibility index (Phi) is 4.90. The number of benzene rings is 2. The van der Waals surface area contributed by atoms with E-state index in [9.17, 15) is 4.79 Å². The summed E-state index contributed by atoms with van der Waals surface area (Å²) < 4.78 is 11.5. The Morgan fingerprint density at radius 2 is 2.04 bits per heavy atom. The topological polar surface area (TPSA) is 67.9 Å². The van der Waals surface area contributed by atoms with Crippen LogP contribution in [0.1, 0.15) is 21.7 Å². The number of hydrogen-bond acceptors (Lipinski definition) is 6. The molecule has 0 bridgehead atoms. The first-order chi connectivity index (χ1) is 13.6. The molecule has 2 aromatic carbocycles. The number of aryl methyl sites for hydroxylation is 1. The summed E-state index contributed by atoms with van der Waals surface area (Å²) in [5.74, 6) is 1.01. The molecular weight excluding hydrogens is 374 g/mol. The predicted octanol–water partition coefficient (Wildman–Crippen LogP) is 4.89. The van der Waals surface area contributed by atoms with E-state index in [0.29, 0.717) is 16.5 Å². The lowest BCUT2D eigenvalue weighted by molar-refractivity contribution is 0.0988. The van der Waals surface area contributed by atoms with E-state index in [1.165, 1.54) is 22.6 Å². The molecule has 2 heterocycles.